The third-order valence-corrected chi connectivity index (χ3v) is 8.01. The van der Waals surface area contributed by atoms with Crippen LogP contribution in [0.25, 0.3) is 82.5 Å². The lowest BCUT2D eigenvalue weighted by atomic mass is 10.0. The van der Waals surface area contributed by atoms with Crippen LogP contribution in [0, 0.1) is 0 Å². The Bertz CT molecular complexity index is 2400. The van der Waals surface area contributed by atoms with Crippen LogP contribution in [-0.2, 0) is 0 Å². The van der Waals surface area contributed by atoms with Crippen LogP contribution in [-0.4, -0.2) is 4.57 Å². The summed E-state index contributed by atoms with van der Waals surface area (Å²) in [5.41, 5.74) is 9.34. The first kappa shape index (κ1) is 20.7. The lowest BCUT2D eigenvalue weighted by Crippen LogP contribution is -1.94. The molecule has 3 heterocycles. The van der Waals surface area contributed by atoms with E-state index in [1.54, 1.807) is 0 Å². The minimum atomic E-state index is 0.896. The molecule has 6 aromatic carbocycles. The van der Waals surface area contributed by atoms with Crippen LogP contribution in [0.1, 0.15) is 0 Å². The largest absolute Gasteiger partial charge is 0.456 e. The predicted molar refractivity (Wildman–Crippen MR) is 161 cm³/mol. The summed E-state index contributed by atoms with van der Waals surface area (Å²) in [7, 11) is 0. The van der Waals surface area contributed by atoms with E-state index in [0.29, 0.717) is 0 Å². The normalized spacial score (nSPS) is 12.1. The molecule has 182 valence electrons. The third-order valence-electron chi connectivity index (χ3n) is 8.01. The zero-order chi connectivity index (χ0) is 25.5. The number of hydrogen-bond donors (Lipinski definition) is 0. The van der Waals surface area contributed by atoms with Gasteiger partial charge in [0.15, 0.2) is 0 Å². The minimum absolute atomic E-state index is 0.896. The molecule has 0 amide bonds. The highest BCUT2D eigenvalue weighted by molar-refractivity contribution is 6.16. The van der Waals surface area contributed by atoms with Crippen molar-refractivity contribution >= 4 is 65.7 Å². The summed E-state index contributed by atoms with van der Waals surface area (Å²) in [6, 6.07) is 44.7. The van der Waals surface area contributed by atoms with Crippen molar-refractivity contribution in [2.45, 2.75) is 0 Å². The smallest absolute Gasteiger partial charge is 0.143 e. The summed E-state index contributed by atoms with van der Waals surface area (Å²) in [5.74, 6) is 0. The molecule has 3 nitrogen and oxygen atoms in total. The number of fused-ring (bicyclic) bond motifs is 9. The summed E-state index contributed by atoms with van der Waals surface area (Å²) in [4.78, 5) is 0. The highest BCUT2D eigenvalue weighted by Crippen LogP contribution is 2.41. The van der Waals surface area contributed by atoms with Gasteiger partial charge in [-0.15, -0.1) is 0 Å². The topological polar surface area (TPSA) is 31.2 Å². The molecular weight excluding hydrogens is 478 g/mol. The van der Waals surface area contributed by atoms with Crippen molar-refractivity contribution in [1.82, 2.24) is 4.57 Å². The summed E-state index contributed by atoms with van der Waals surface area (Å²) in [5, 5.41) is 6.97. The van der Waals surface area contributed by atoms with E-state index in [1.807, 2.05) is 24.3 Å². The predicted octanol–water partition coefficient (Wildman–Crippen LogP) is 10.2. The highest BCUT2D eigenvalue weighted by Gasteiger charge is 2.19. The molecule has 0 saturated carbocycles. The van der Waals surface area contributed by atoms with Crippen molar-refractivity contribution < 1.29 is 8.83 Å². The molecule has 3 aromatic heterocycles. The second-order valence-electron chi connectivity index (χ2n) is 10.1. The molecule has 0 unspecified atom stereocenters. The Morgan fingerprint density at radius 2 is 1.10 bits per heavy atom. The Morgan fingerprint density at radius 3 is 2.00 bits per heavy atom. The van der Waals surface area contributed by atoms with Crippen molar-refractivity contribution in [1.29, 1.82) is 0 Å². The minimum Gasteiger partial charge on any atom is -0.456 e. The maximum absolute atomic E-state index is 6.38. The van der Waals surface area contributed by atoms with Gasteiger partial charge in [-0.2, -0.15) is 0 Å². The van der Waals surface area contributed by atoms with E-state index in [2.05, 4.69) is 108 Å². The first-order chi connectivity index (χ1) is 19.3. The lowest BCUT2D eigenvalue weighted by Gasteiger charge is -2.10. The molecule has 0 aliphatic carbocycles. The summed E-state index contributed by atoms with van der Waals surface area (Å²) >= 11 is 0. The van der Waals surface area contributed by atoms with E-state index in [4.69, 9.17) is 8.83 Å². The second-order valence-corrected chi connectivity index (χ2v) is 10.1. The number of aromatic nitrogens is 1. The van der Waals surface area contributed by atoms with E-state index in [9.17, 15) is 0 Å². The average molecular weight is 500 g/mol. The molecule has 0 bridgehead atoms. The van der Waals surface area contributed by atoms with Gasteiger partial charge in [0.25, 0.3) is 0 Å². The van der Waals surface area contributed by atoms with Crippen LogP contribution >= 0.6 is 0 Å². The monoisotopic (exact) mass is 499 g/mol. The fourth-order valence-electron chi connectivity index (χ4n) is 6.32. The second kappa shape index (κ2) is 7.62. The van der Waals surface area contributed by atoms with Gasteiger partial charge in [0.05, 0.1) is 22.1 Å². The van der Waals surface area contributed by atoms with Gasteiger partial charge >= 0.3 is 0 Å². The molecular formula is C36H21NO2. The van der Waals surface area contributed by atoms with Gasteiger partial charge < -0.3 is 13.4 Å². The van der Waals surface area contributed by atoms with Crippen molar-refractivity contribution in [2.24, 2.45) is 0 Å². The Balaban J connectivity index is 1.36. The molecule has 0 spiro atoms. The number of para-hydroxylation sites is 4. The van der Waals surface area contributed by atoms with Crippen molar-refractivity contribution in [3.05, 3.63) is 127 Å². The van der Waals surface area contributed by atoms with Crippen LogP contribution in [0.5, 0.6) is 0 Å². The lowest BCUT2D eigenvalue weighted by molar-refractivity contribution is 0.668. The van der Waals surface area contributed by atoms with E-state index < -0.39 is 0 Å². The SMILES string of the molecule is c1ccc2c(c1)oc1c(-c3ccc4c(c3)c3ccccc3n4-c3cccc4oc5ccccc5c34)cccc12. The number of hydrogen-bond acceptors (Lipinski definition) is 2. The average Bonchev–Trinajstić information content (AvgIpc) is 3.66. The first-order valence-corrected chi connectivity index (χ1v) is 13.2. The van der Waals surface area contributed by atoms with Gasteiger partial charge in [-0.05, 0) is 48.0 Å². The van der Waals surface area contributed by atoms with Crippen molar-refractivity contribution in [2.75, 3.05) is 0 Å². The fourth-order valence-corrected chi connectivity index (χ4v) is 6.32. The van der Waals surface area contributed by atoms with Gasteiger partial charge in [0, 0.05) is 32.5 Å². The molecule has 0 aliphatic rings. The van der Waals surface area contributed by atoms with E-state index in [1.165, 1.54) is 16.3 Å². The maximum Gasteiger partial charge on any atom is 0.143 e. The molecule has 9 rings (SSSR count). The standard InChI is InChI=1S/C36H21NO2/c1-4-14-29-24(9-1)28-21-22(23-12-7-13-26-25-10-2-5-16-32(25)39-36(23)26)19-20-30(28)37(29)31-15-8-18-34-35(31)27-11-3-6-17-33(27)38-34/h1-21H. The van der Waals surface area contributed by atoms with Crippen LogP contribution in [0.2, 0.25) is 0 Å². The number of nitrogens with zero attached hydrogens (tertiary/aromatic N) is 1. The van der Waals surface area contributed by atoms with Gasteiger partial charge in [0.2, 0.25) is 0 Å². The quantitative estimate of drug-likeness (QED) is 0.237. The maximum atomic E-state index is 6.38. The third kappa shape index (κ3) is 2.82. The number of rotatable bonds is 2. The van der Waals surface area contributed by atoms with Crippen LogP contribution in [0.4, 0.5) is 0 Å². The number of benzene rings is 6. The summed E-state index contributed by atoms with van der Waals surface area (Å²) < 4.78 is 15.0. The van der Waals surface area contributed by atoms with Crippen LogP contribution in [0.3, 0.4) is 0 Å². The molecule has 9 aromatic rings. The van der Waals surface area contributed by atoms with Gasteiger partial charge in [-0.3, -0.25) is 0 Å². The first-order valence-electron chi connectivity index (χ1n) is 13.2. The zero-order valence-corrected chi connectivity index (χ0v) is 20.9. The van der Waals surface area contributed by atoms with E-state index >= 15 is 0 Å². The van der Waals surface area contributed by atoms with Crippen LogP contribution < -0.4 is 0 Å². The zero-order valence-electron chi connectivity index (χ0n) is 20.9. The fraction of sp³-hybridized carbons (Fsp3) is 0. The van der Waals surface area contributed by atoms with Crippen LogP contribution in [0.15, 0.2) is 136 Å². The molecule has 0 saturated heterocycles. The molecule has 3 heteroatoms. The van der Waals surface area contributed by atoms with E-state index in [0.717, 1.165) is 66.2 Å². The van der Waals surface area contributed by atoms with Crippen molar-refractivity contribution in [3.63, 3.8) is 0 Å². The molecule has 0 aliphatic heterocycles. The summed E-state index contributed by atoms with van der Waals surface area (Å²) in [6.45, 7) is 0. The Hall–Kier alpha value is -5.28. The van der Waals surface area contributed by atoms with E-state index in [-0.39, 0.29) is 0 Å². The van der Waals surface area contributed by atoms with Gasteiger partial charge in [-0.1, -0.05) is 84.9 Å². The molecule has 0 radical (unpaired) electrons. The Kier molecular flexibility index (Phi) is 4.05. The number of furan rings is 2. The summed E-state index contributed by atoms with van der Waals surface area (Å²) in [6.07, 6.45) is 0. The highest BCUT2D eigenvalue weighted by atomic mass is 16.3. The molecule has 0 N–H and O–H groups in total. The molecule has 39 heavy (non-hydrogen) atoms. The molecule has 0 atom stereocenters. The van der Waals surface area contributed by atoms with Crippen molar-refractivity contribution in [3.8, 4) is 16.8 Å². The Morgan fingerprint density at radius 1 is 0.436 bits per heavy atom. The van der Waals surface area contributed by atoms with Gasteiger partial charge in [0.1, 0.15) is 22.3 Å². The van der Waals surface area contributed by atoms with Gasteiger partial charge in [-0.25, -0.2) is 0 Å². The molecule has 0 fully saturated rings. The Labute approximate surface area is 223 Å².